The zero-order chi connectivity index (χ0) is 17.9. The molecule has 0 spiro atoms. The fourth-order valence-electron chi connectivity index (χ4n) is 2.67. The third-order valence-corrected chi connectivity index (χ3v) is 4.87. The Morgan fingerprint density at radius 2 is 1.76 bits per heavy atom. The van der Waals surface area contributed by atoms with Gasteiger partial charge in [0.2, 0.25) is 0 Å². The van der Waals surface area contributed by atoms with Gasteiger partial charge in [0.05, 0.1) is 19.9 Å². The van der Waals surface area contributed by atoms with Crippen LogP contribution >= 0.6 is 34.8 Å². The van der Waals surface area contributed by atoms with Gasteiger partial charge in [-0.25, -0.2) is 4.99 Å². The molecule has 130 valence electrons. The van der Waals surface area contributed by atoms with Gasteiger partial charge in [0, 0.05) is 20.6 Å². The van der Waals surface area contributed by atoms with Crippen LogP contribution in [0.2, 0.25) is 15.1 Å². The van der Waals surface area contributed by atoms with Crippen molar-refractivity contribution in [1.29, 1.82) is 0 Å². The van der Waals surface area contributed by atoms with Gasteiger partial charge in [0.1, 0.15) is 18.8 Å². The Kier molecular flexibility index (Phi) is 5.82. The molecule has 0 N–H and O–H groups in total. The average molecular weight is 397 g/mol. The van der Waals surface area contributed by atoms with E-state index in [2.05, 4.69) is 12.0 Å². The smallest absolute Gasteiger partial charge is 0.194 e. The normalized spacial score (nSPS) is 20.2. The van der Waals surface area contributed by atoms with Gasteiger partial charge in [-0.05, 0) is 29.8 Å². The van der Waals surface area contributed by atoms with E-state index in [1.807, 2.05) is 48.9 Å². The summed E-state index contributed by atoms with van der Waals surface area (Å²) in [5.74, 6) is 0. The summed E-state index contributed by atoms with van der Waals surface area (Å²) in [5, 5.41) is 1.91. The molecule has 0 aliphatic carbocycles. The van der Waals surface area contributed by atoms with E-state index in [1.165, 1.54) is 0 Å². The summed E-state index contributed by atoms with van der Waals surface area (Å²) in [4.78, 5) is 4.19. The summed E-state index contributed by atoms with van der Waals surface area (Å²) in [6.45, 7) is 1.14. The number of hydrogen-bond donors (Lipinski definition) is 0. The summed E-state index contributed by atoms with van der Waals surface area (Å²) >= 11 is 18.4. The SMILES string of the molecule is C[N+]1(CC(OCc2ccc(Cl)cc2)c2ccc(Cl)cc2Cl)C=CN=C1. The van der Waals surface area contributed by atoms with Crippen molar-refractivity contribution in [2.75, 3.05) is 13.6 Å². The molecule has 3 nitrogen and oxygen atoms in total. The third kappa shape index (κ3) is 4.84. The Bertz CT molecular complexity index is 791. The van der Waals surface area contributed by atoms with E-state index < -0.39 is 0 Å². The fourth-order valence-corrected chi connectivity index (χ4v) is 3.32. The van der Waals surface area contributed by atoms with Crippen LogP contribution < -0.4 is 0 Å². The highest BCUT2D eigenvalue weighted by molar-refractivity contribution is 6.35. The molecule has 0 fully saturated rings. The van der Waals surface area contributed by atoms with Crippen LogP contribution in [0.5, 0.6) is 0 Å². The summed E-state index contributed by atoms with van der Waals surface area (Å²) < 4.78 is 6.77. The highest BCUT2D eigenvalue weighted by Gasteiger charge is 2.28. The highest BCUT2D eigenvalue weighted by Crippen LogP contribution is 2.31. The van der Waals surface area contributed by atoms with Crippen molar-refractivity contribution in [2.24, 2.45) is 4.99 Å². The lowest BCUT2D eigenvalue weighted by Gasteiger charge is -2.28. The van der Waals surface area contributed by atoms with Crippen molar-refractivity contribution in [3.05, 3.63) is 81.1 Å². The zero-order valence-corrected chi connectivity index (χ0v) is 16.0. The van der Waals surface area contributed by atoms with Crippen LogP contribution in [0.1, 0.15) is 17.2 Å². The molecule has 1 aliphatic rings. The molecule has 0 aromatic heterocycles. The Balaban J connectivity index is 1.81. The number of halogens is 3. The molecule has 0 saturated carbocycles. The van der Waals surface area contributed by atoms with Crippen LogP contribution in [-0.4, -0.2) is 24.4 Å². The van der Waals surface area contributed by atoms with E-state index in [1.54, 1.807) is 12.3 Å². The maximum atomic E-state index is 6.42. The molecule has 2 atom stereocenters. The first-order valence-electron chi connectivity index (χ1n) is 7.83. The van der Waals surface area contributed by atoms with Crippen molar-refractivity contribution >= 4 is 41.1 Å². The third-order valence-electron chi connectivity index (χ3n) is 4.06. The predicted molar refractivity (Wildman–Crippen MR) is 104 cm³/mol. The van der Waals surface area contributed by atoms with Crippen LogP contribution in [0.15, 0.2) is 59.9 Å². The first kappa shape index (κ1) is 18.4. The quantitative estimate of drug-likeness (QED) is 0.560. The Morgan fingerprint density at radius 1 is 1.04 bits per heavy atom. The second-order valence-electron chi connectivity index (χ2n) is 6.18. The molecule has 0 bridgehead atoms. The molecule has 0 radical (unpaired) electrons. The van der Waals surface area contributed by atoms with Gasteiger partial charge in [-0.2, -0.15) is 0 Å². The number of hydrogen-bond acceptors (Lipinski definition) is 2. The molecule has 2 aromatic rings. The number of nitrogens with zero attached hydrogens (tertiary/aromatic N) is 2. The van der Waals surface area contributed by atoms with Gasteiger partial charge in [0.25, 0.3) is 0 Å². The molecule has 1 heterocycles. The Morgan fingerprint density at radius 3 is 2.40 bits per heavy atom. The van der Waals surface area contributed by atoms with Gasteiger partial charge < -0.3 is 4.74 Å². The molecule has 2 unspecified atom stereocenters. The summed E-state index contributed by atoms with van der Waals surface area (Å²) in [7, 11) is 2.06. The first-order chi connectivity index (χ1) is 12.0. The van der Waals surface area contributed by atoms with E-state index in [4.69, 9.17) is 39.5 Å². The van der Waals surface area contributed by atoms with E-state index in [9.17, 15) is 0 Å². The average Bonchev–Trinajstić information content (AvgIpc) is 3.00. The van der Waals surface area contributed by atoms with Crippen LogP contribution in [-0.2, 0) is 11.3 Å². The van der Waals surface area contributed by atoms with Crippen molar-refractivity contribution in [3.8, 4) is 0 Å². The van der Waals surface area contributed by atoms with Gasteiger partial charge in [-0.3, -0.25) is 4.48 Å². The van der Waals surface area contributed by atoms with E-state index >= 15 is 0 Å². The van der Waals surface area contributed by atoms with Crippen molar-refractivity contribution in [2.45, 2.75) is 12.7 Å². The number of benzene rings is 2. The minimum Gasteiger partial charge on any atom is -0.363 e. The Labute approximate surface area is 162 Å². The molecule has 6 heteroatoms. The lowest BCUT2D eigenvalue weighted by atomic mass is 10.1. The van der Waals surface area contributed by atoms with Crippen LogP contribution in [0.4, 0.5) is 0 Å². The first-order valence-corrected chi connectivity index (χ1v) is 8.96. The molecule has 0 amide bonds. The fraction of sp³-hybridized carbons (Fsp3) is 0.211. The molecule has 25 heavy (non-hydrogen) atoms. The minimum atomic E-state index is -0.209. The second kappa shape index (κ2) is 7.90. The van der Waals surface area contributed by atoms with Gasteiger partial charge in [-0.15, -0.1) is 0 Å². The van der Waals surface area contributed by atoms with Gasteiger partial charge >= 0.3 is 0 Å². The van der Waals surface area contributed by atoms with Crippen LogP contribution in [0.3, 0.4) is 0 Å². The van der Waals surface area contributed by atoms with Gasteiger partial charge in [-0.1, -0.05) is 53.0 Å². The van der Waals surface area contributed by atoms with Crippen molar-refractivity contribution < 1.29 is 9.22 Å². The maximum absolute atomic E-state index is 6.42. The van der Waals surface area contributed by atoms with E-state index in [-0.39, 0.29) is 6.10 Å². The number of rotatable bonds is 6. The molecular formula is C19H18Cl3N2O+. The largest absolute Gasteiger partial charge is 0.363 e. The number of likely N-dealkylation sites (N-methyl/N-ethyl adjacent to an activating group) is 1. The van der Waals surface area contributed by atoms with E-state index in [0.717, 1.165) is 11.1 Å². The zero-order valence-electron chi connectivity index (χ0n) is 13.7. The predicted octanol–water partition coefficient (Wildman–Crippen LogP) is 5.86. The molecule has 3 rings (SSSR count). The Hall–Kier alpha value is -1.36. The lowest BCUT2D eigenvalue weighted by Crippen LogP contribution is -2.39. The number of quaternary nitrogens is 1. The van der Waals surface area contributed by atoms with E-state index in [0.29, 0.717) is 32.7 Å². The van der Waals surface area contributed by atoms with Crippen LogP contribution in [0, 0.1) is 0 Å². The van der Waals surface area contributed by atoms with Crippen molar-refractivity contribution in [1.82, 2.24) is 0 Å². The summed E-state index contributed by atoms with van der Waals surface area (Å²) in [5.41, 5.74) is 1.96. The second-order valence-corrected chi connectivity index (χ2v) is 7.46. The summed E-state index contributed by atoms with van der Waals surface area (Å²) in [6, 6.07) is 13.1. The minimum absolute atomic E-state index is 0.209. The lowest BCUT2D eigenvalue weighted by molar-refractivity contribution is -0.762. The van der Waals surface area contributed by atoms with Crippen molar-refractivity contribution in [3.63, 3.8) is 0 Å². The van der Waals surface area contributed by atoms with Crippen LogP contribution in [0.25, 0.3) is 0 Å². The monoisotopic (exact) mass is 395 g/mol. The molecule has 0 saturated heterocycles. The highest BCUT2D eigenvalue weighted by atomic mass is 35.5. The molecule has 2 aromatic carbocycles. The maximum Gasteiger partial charge on any atom is 0.194 e. The van der Waals surface area contributed by atoms with Gasteiger partial charge in [0.15, 0.2) is 6.34 Å². The number of aliphatic imine (C=N–C) groups is 1. The standard InChI is InChI=1S/C19H18Cl3N2O/c1-24(9-8-23-13-24)11-19(17-7-6-16(21)10-18(17)22)25-12-14-2-4-15(20)5-3-14/h2-10,13,19H,11-12H2,1H3/q+1. The number of ether oxygens (including phenoxy) is 1. The molecule has 1 aliphatic heterocycles. The summed E-state index contributed by atoms with van der Waals surface area (Å²) in [6.07, 6.45) is 5.48. The molecular weight excluding hydrogens is 379 g/mol. The topological polar surface area (TPSA) is 21.6 Å².